The Labute approximate surface area is 192 Å². The predicted octanol–water partition coefficient (Wildman–Crippen LogP) is 3.77. The van der Waals surface area contributed by atoms with Crippen LogP contribution in [0.15, 0.2) is 23.6 Å². The lowest BCUT2D eigenvalue weighted by molar-refractivity contribution is -0.122. The van der Waals surface area contributed by atoms with E-state index in [1.807, 2.05) is 25.1 Å². The van der Waals surface area contributed by atoms with Crippen LogP contribution in [0.1, 0.15) is 36.3 Å². The smallest absolute Gasteiger partial charge is 0.273 e. The van der Waals surface area contributed by atoms with Crippen molar-refractivity contribution in [2.45, 2.75) is 27.2 Å². The Balaban J connectivity index is 1.48. The fourth-order valence-corrected chi connectivity index (χ4v) is 4.17. The monoisotopic (exact) mass is 463 g/mol. The van der Waals surface area contributed by atoms with Gasteiger partial charge in [-0.25, -0.2) is 4.98 Å². The Kier molecular flexibility index (Phi) is 8.28. The highest BCUT2D eigenvalue weighted by Gasteiger charge is 2.25. The number of carbonyl (C=O) groups excluding carboxylic acids is 2. The topological polar surface area (TPSA) is 77.6 Å². The number of hydrogen-bond donors (Lipinski definition) is 2. The lowest BCUT2D eigenvalue weighted by Crippen LogP contribution is -2.51. The van der Waals surface area contributed by atoms with Crippen molar-refractivity contribution in [1.82, 2.24) is 20.1 Å². The van der Waals surface area contributed by atoms with Crippen LogP contribution < -0.4 is 10.6 Å². The van der Waals surface area contributed by atoms with Gasteiger partial charge in [0, 0.05) is 48.8 Å². The maximum Gasteiger partial charge on any atom is 0.273 e. The Bertz CT molecular complexity index is 909. The fraction of sp³-hybridized carbons (Fsp3) is 0.500. The lowest BCUT2D eigenvalue weighted by atomic mass is 10.1. The van der Waals surface area contributed by atoms with E-state index in [0.29, 0.717) is 61.0 Å². The SMILES string of the molecule is Cc1ccc(Cl)cc1Nc1nc(C(=O)N2CCN(CC(=O)NCCC(C)C)CC2)cs1. The maximum absolute atomic E-state index is 12.8. The van der Waals surface area contributed by atoms with Gasteiger partial charge in [0.2, 0.25) is 5.91 Å². The summed E-state index contributed by atoms with van der Waals surface area (Å²) in [7, 11) is 0. The summed E-state index contributed by atoms with van der Waals surface area (Å²) in [6, 6.07) is 5.63. The summed E-state index contributed by atoms with van der Waals surface area (Å²) < 4.78 is 0. The highest BCUT2D eigenvalue weighted by molar-refractivity contribution is 7.14. The molecule has 0 bridgehead atoms. The third-order valence-corrected chi connectivity index (χ3v) is 6.23. The maximum atomic E-state index is 12.8. The van der Waals surface area contributed by atoms with Gasteiger partial charge in [-0.2, -0.15) is 0 Å². The molecule has 0 spiro atoms. The van der Waals surface area contributed by atoms with E-state index in [9.17, 15) is 9.59 Å². The summed E-state index contributed by atoms with van der Waals surface area (Å²) in [6.45, 7) is 9.90. The summed E-state index contributed by atoms with van der Waals surface area (Å²) >= 11 is 7.47. The Morgan fingerprint density at radius 1 is 1.23 bits per heavy atom. The molecule has 1 aromatic heterocycles. The number of piperazine rings is 1. The van der Waals surface area contributed by atoms with Crippen molar-refractivity contribution in [3.8, 4) is 0 Å². The van der Waals surface area contributed by atoms with Gasteiger partial charge in [-0.05, 0) is 37.0 Å². The first-order valence-electron chi connectivity index (χ1n) is 10.6. The van der Waals surface area contributed by atoms with Crippen molar-refractivity contribution in [2.24, 2.45) is 5.92 Å². The molecule has 168 valence electrons. The molecule has 2 amide bonds. The van der Waals surface area contributed by atoms with E-state index < -0.39 is 0 Å². The minimum absolute atomic E-state index is 0.0481. The van der Waals surface area contributed by atoms with Crippen LogP contribution in [0, 0.1) is 12.8 Å². The largest absolute Gasteiger partial charge is 0.355 e. The standard InChI is InChI=1S/C22H30ClN5O2S/c1-15(2)6-7-24-20(29)13-27-8-10-28(11-9-27)21(30)19-14-31-22(26-19)25-18-12-17(23)5-4-16(18)3/h4-5,12,14-15H,6-11,13H2,1-3H3,(H,24,29)(H,25,26). The molecule has 1 fully saturated rings. The van der Waals surface area contributed by atoms with E-state index >= 15 is 0 Å². The number of nitrogens with one attached hydrogen (secondary N) is 2. The second-order valence-corrected chi connectivity index (χ2v) is 9.52. The highest BCUT2D eigenvalue weighted by atomic mass is 35.5. The van der Waals surface area contributed by atoms with Crippen molar-refractivity contribution < 1.29 is 9.59 Å². The third-order valence-electron chi connectivity index (χ3n) is 5.24. The van der Waals surface area contributed by atoms with E-state index in [0.717, 1.165) is 17.7 Å². The van der Waals surface area contributed by atoms with Crippen molar-refractivity contribution in [3.05, 3.63) is 39.9 Å². The number of benzene rings is 1. The van der Waals surface area contributed by atoms with Crippen LogP contribution in [0.4, 0.5) is 10.8 Å². The molecule has 2 N–H and O–H groups in total. The molecule has 0 unspecified atom stereocenters. The molecule has 2 aromatic rings. The minimum Gasteiger partial charge on any atom is -0.355 e. The van der Waals surface area contributed by atoms with Crippen LogP contribution >= 0.6 is 22.9 Å². The molecule has 2 heterocycles. The number of nitrogens with zero attached hydrogens (tertiary/aromatic N) is 3. The summed E-state index contributed by atoms with van der Waals surface area (Å²) in [6.07, 6.45) is 0.982. The van der Waals surface area contributed by atoms with Crippen LogP contribution in [0.3, 0.4) is 0 Å². The van der Waals surface area contributed by atoms with Gasteiger partial charge in [0.25, 0.3) is 5.91 Å². The van der Waals surface area contributed by atoms with Crippen LogP contribution in [-0.2, 0) is 4.79 Å². The zero-order chi connectivity index (χ0) is 22.4. The number of anilines is 2. The van der Waals surface area contributed by atoms with E-state index in [2.05, 4.69) is 34.4 Å². The van der Waals surface area contributed by atoms with Crippen molar-refractivity contribution in [2.75, 3.05) is 44.6 Å². The predicted molar refractivity (Wildman–Crippen MR) is 126 cm³/mol. The molecule has 0 aliphatic carbocycles. The second kappa shape index (κ2) is 10.9. The summed E-state index contributed by atoms with van der Waals surface area (Å²) in [4.78, 5) is 33.3. The number of hydrogen-bond acceptors (Lipinski definition) is 6. The molecule has 1 aliphatic rings. The number of thiazole rings is 1. The number of rotatable bonds is 8. The van der Waals surface area contributed by atoms with Crippen LogP contribution in [0.2, 0.25) is 5.02 Å². The Hall–Kier alpha value is -2.16. The first kappa shape index (κ1) is 23.5. The number of carbonyl (C=O) groups is 2. The zero-order valence-corrected chi connectivity index (χ0v) is 19.9. The Morgan fingerprint density at radius 2 is 1.97 bits per heavy atom. The number of halogens is 1. The molecular weight excluding hydrogens is 434 g/mol. The summed E-state index contributed by atoms with van der Waals surface area (Å²) in [5.41, 5.74) is 2.37. The Morgan fingerprint density at radius 3 is 2.68 bits per heavy atom. The van der Waals surface area contributed by atoms with Gasteiger partial charge in [-0.15, -0.1) is 11.3 Å². The number of amides is 2. The van der Waals surface area contributed by atoms with E-state index in [4.69, 9.17) is 11.6 Å². The first-order chi connectivity index (χ1) is 14.8. The second-order valence-electron chi connectivity index (χ2n) is 8.22. The van der Waals surface area contributed by atoms with Crippen LogP contribution in [0.25, 0.3) is 0 Å². The molecule has 0 atom stereocenters. The quantitative estimate of drug-likeness (QED) is 0.623. The molecule has 0 saturated carbocycles. The first-order valence-corrected chi connectivity index (χ1v) is 11.8. The molecule has 3 rings (SSSR count). The summed E-state index contributed by atoms with van der Waals surface area (Å²) in [5.74, 6) is 0.547. The molecule has 1 aromatic carbocycles. The van der Waals surface area contributed by atoms with Gasteiger partial charge < -0.3 is 15.5 Å². The van der Waals surface area contributed by atoms with Crippen LogP contribution in [0.5, 0.6) is 0 Å². The van der Waals surface area contributed by atoms with Crippen molar-refractivity contribution in [1.29, 1.82) is 0 Å². The number of aromatic nitrogens is 1. The fourth-order valence-electron chi connectivity index (χ4n) is 3.30. The molecule has 1 saturated heterocycles. The average molecular weight is 464 g/mol. The number of aryl methyl sites for hydroxylation is 1. The van der Waals surface area contributed by atoms with Gasteiger partial charge in [0.05, 0.1) is 6.54 Å². The average Bonchev–Trinajstić information content (AvgIpc) is 3.19. The van der Waals surface area contributed by atoms with Crippen molar-refractivity contribution >= 4 is 45.6 Å². The van der Waals surface area contributed by atoms with Crippen molar-refractivity contribution in [3.63, 3.8) is 0 Å². The normalized spacial score (nSPS) is 14.7. The molecule has 31 heavy (non-hydrogen) atoms. The van der Waals surface area contributed by atoms with E-state index in [-0.39, 0.29) is 11.8 Å². The van der Waals surface area contributed by atoms with Crippen LogP contribution in [-0.4, -0.2) is 65.9 Å². The lowest BCUT2D eigenvalue weighted by Gasteiger charge is -2.34. The molecule has 7 nitrogen and oxygen atoms in total. The van der Waals surface area contributed by atoms with Gasteiger partial charge >= 0.3 is 0 Å². The van der Waals surface area contributed by atoms with E-state index in [1.54, 1.807) is 10.3 Å². The van der Waals surface area contributed by atoms with Gasteiger partial charge in [0.1, 0.15) is 5.69 Å². The van der Waals surface area contributed by atoms with Gasteiger partial charge in [0.15, 0.2) is 5.13 Å². The van der Waals surface area contributed by atoms with Gasteiger partial charge in [-0.3, -0.25) is 14.5 Å². The highest BCUT2D eigenvalue weighted by Crippen LogP contribution is 2.26. The molecule has 0 radical (unpaired) electrons. The van der Waals surface area contributed by atoms with E-state index in [1.165, 1.54) is 11.3 Å². The molecule has 9 heteroatoms. The minimum atomic E-state index is -0.0758. The van der Waals surface area contributed by atoms with Gasteiger partial charge in [-0.1, -0.05) is 31.5 Å². The molecule has 1 aliphatic heterocycles. The third kappa shape index (κ3) is 6.92. The summed E-state index contributed by atoms with van der Waals surface area (Å²) in [5, 5.41) is 9.29. The molecular formula is C22H30ClN5O2S. The zero-order valence-electron chi connectivity index (χ0n) is 18.3.